The van der Waals surface area contributed by atoms with Crippen molar-refractivity contribution in [3.63, 3.8) is 0 Å². The fourth-order valence-electron chi connectivity index (χ4n) is 4.44. The molecule has 2 atom stereocenters. The van der Waals surface area contributed by atoms with E-state index < -0.39 is 17.6 Å². The van der Waals surface area contributed by atoms with Gasteiger partial charge in [0, 0.05) is 38.4 Å². The quantitative estimate of drug-likeness (QED) is 0.670. The summed E-state index contributed by atoms with van der Waals surface area (Å²) in [4.78, 5) is 33.7. The lowest BCUT2D eigenvalue weighted by atomic mass is 9.74. The molecule has 2 aliphatic rings. The van der Waals surface area contributed by atoms with E-state index >= 15 is 0 Å². The second-order valence-corrected chi connectivity index (χ2v) is 8.99. The minimum absolute atomic E-state index is 0.0200. The van der Waals surface area contributed by atoms with Gasteiger partial charge in [-0.05, 0) is 52.2 Å². The lowest BCUT2D eigenvalue weighted by molar-refractivity contribution is -0.164. The Bertz CT molecular complexity index is 703. The van der Waals surface area contributed by atoms with Gasteiger partial charge in [0.05, 0.1) is 17.8 Å². The monoisotopic (exact) mass is 436 g/mol. The molecule has 1 aromatic heterocycles. The van der Waals surface area contributed by atoms with Crippen molar-refractivity contribution in [3.8, 4) is 0 Å². The van der Waals surface area contributed by atoms with Gasteiger partial charge in [-0.15, -0.1) is 0 Å². The lowest BCUT2D eigenvalue weighted by Crippen LogP contribution is -2.45. The van der Waals surface area contributed by atoms with Gasteiger partial charge in [-0.2, -0.15) is 0 Å². The van der Waals surface area contributed by atoms with Crippen LogP contribution in [0.15, 0.2) is 18.7 Å². The van der Waals surface area contributed by atoms with E-state index in [1.54, 1.807) is 17.4 Å². The molecule has 0 unspecified atom stereocenters. The highest BCUT2D eigenvalue weighted by Crippen LogP contribution is 2.38. The molecule has 174 valence electrons. The Morgan fingerprint density at radius 1 is 1.16 bits per heavy atom. The topological polar surface area (TPSA) is 108 Å². The third kappa shape index (κ3) is 6.51. The minimum atomic E-state index is -1.16. The fourth-order valence-corrected chi connectivity index (χ4v) is 4.44. The lowest BCUT2D eigenvalue weighted by Gasteiger charge is -2.39. The number of aliphatic hydroxyl groups excluding tert-OH is 2. The van der Waals surface area contributed by atoms with Crippen molar-refractivity contribution in [1.82, 2.24) is 19.4 Å². The van der Waals surface area contributed by atoms with E-state index in [0.29, 0.717) is 26.1 Å². The Hall–Kier alpha value is -1.97. The summed E-state index contributed by atoms with van der Waals surface area (Å²) in [5, 5.41) is 20.6. The van der Waals surface area contributed by atoms with Crippen LogP contribution in [0.5, 0.6) is 0 Å². The molecule has 0 saturated carbocycles. The highest BCUT2D eigenvalue weighted by Gasteiger charge is 2.42. The van der Waals surface area contributed by atoms with Crippen LogP contribution in [0.2, 0.25) is 0 Å². The predicted octanol–water partition coefficient (Wildman–Crippen LogP) is 0.653. The van der Waals surface area contributed by atoms with Crippen LogP contribution in [0.3, 0.4) is 0 Å². The van der Waals surface area contributed by atoms with Gasteiger partial charge in [0.15, 0.2) is 0 Å². The molecular formula is C22H36N4O5. The molecule has 0 aromatic carbocycles. The first-order valence-electron chi connectivity index (χ1n) is 11.3. The predicted molar refractivity (Wildman–Crippen MR) is 114 cm³/mol. The minimum Gasteiger partial charge on any atom is -0.462 e. The first-order chi connectivity index (χ1) is 14.9. The zero-order valence-corrected chi connectivity index (χ0v) is 18.5. The number of hydrogen-bond donors (Lipinski definition) is 2. The number of aryl methyl sites for hydroxylation is 1. The summed E-state index contributed by atoms with van der Waals surface area (Å²) in [5.41, 5.74) is -0.540. The zero-order chi connectivity index (χ0) is 22.3. The second-order valence-electron chi connectivity index (χ2n) is 8.99. The third-order valence-electron chi connectivity index (χ3n) is 6.73. The molecule has 1 amide bonds. The summed E-state index contributed by atoms with van der Waals surface area (Å²) in [7, 11) is 2.05. The van der Waals surface area contributed by atoms with Crippen molar-refractivity contribution < 1.29 is 24.5 Å². The number of carbonyl (C=O) groups is 2. The Morgan fingerprint density at radius 2 is 1.94 bits per heavy atom. The van der Waals surface area contributed by atoms with Crippen molar-refractivity contribution in [2.24, 2.45) is 5.41 Å². The number of imidazole rings is 1. The maximum Gasteiger partial charge on any atom is 0.312 e. The fraction of sp³-hybridized carbons (Fsp3) is 0.773. The average molecular weight is 437 g/mol. The molecule has 3 heterocycles. The molecule has 3 rings (SSSR count). The number of piperidine rings is 1. The Kier molecular flexibility index (Phi) is 8.45. The molecule has 2 saturated heterocycles. The van der Waals surface area contributed by atoms with Crippen LogP contribution >= 0.6 is 0 Å². The maximum absolute atomic E-state index is 12.9. The van der Waals surface area contributed by atoms with Gasteiger partial charge in [0.1, 0.15) is 12.7 Å². The van der Waals surface area contributed by atoms with E-state index in [-0.39, 0.29) is 24.9 Å². The first-order valence-corrected chi connectivity index (χ1v) is 11.3. The largest absolute Gasteiger partial charge is 0.462 e. The standard InChI is InChI=1S/C22H36N4O5/c1-24-13-7-22(8-14-24)6-2-3-10-26(20(29)5-11-25-15-9-23-17-25)12-4-18(27)19(28)16-31-21(22)30/h9,15,17-19,27-28H,2-8,10-14,16H2,1H3/t18-,19+/m0/s1. The molecule has 9 heteroatoms. The number of carbonyl (C=O) groups excluding carboxylic acids is 2. The molecule has 0 radical (unpaired) electrons. The van der Waals surface area contributed by atoms with Gasteiger partial charge in [0.25, 0.3) is 0 Å². The highest BCUT2D eigenvalue weighted by molar-refractivity contribution is 5.77. The smallest absolute Gasteiger partial charge is 0.312 e. The van der Waals surface area contributed by atoms with E-state index in [2.05, 4.69) is 9.88 Å². The summed E-state index contributed by atoms with van der Waals surface area (Å²) in [6.45, 7) is 2.95. The number of amides is 1. The number of aromatic nitrogens is 2. The molecule has 9 nitrogen and oxygen atoms in total. The van der Waals surface area contributed by atoms with Crippen LogP contribution in [0, 0.1) is 5.41 Å². The number of aliphatic hydroxyl groups is 2. The molecule has 0 bridgehead atoms. The second kappa shape index (κ2) is 11.1. The van der Waals surface area contributed by atoms with Gasteiger partial charge >= 0.3 is 5.97 Å². The summed E-state index contributed by atoms with van der Waals surface area (Å²) >= 11 is 0. The van der Waals surface area contributed by atoms with Crippen LogP contribution in [0.1, 0.15) is 44.9 Å². The van der Waals surface area contributed by atoms with Crippen molar-refractivity contribution in [3.05, 3.63) is 18.7 Å². The average Bonchev–Trinajstić information content (AvgIpc) is 3.29. The number of rotatable bonds is 3. The number of cyclic esters (lactones) is 1. The van der Waals surface area contributed by atoms with Gasteiger partial charge in [-0.25, -0.2) is 4.98 Å². The van der Waals surface area contributed by atoms with Crippen LogP contribution < -0.4 is 0 Å². The molecule has 2 N–H and O–H groups in total. The summed E-state index contributed by atoms with van der Waals surface area (Å²) in [6, 6.07) is 0. The maximum atomic E-state index is 12.9. The number of hydrogen-bond acceptors (Lipinski definition) is 7. The molecule has 31 heavy (non-hydrogen) atoms. The van der Waals surface area contributed by atoms with Crippen LogP contribution in [-0.4, -0.2) is 93.5 Å². The summed E-state index contributed by atoms with van der Waals surface area (Å²) in [6.07, 6.45) is 7.38. The van der Waals surface area contributed by atoms with Crippen molar-refractivity contribution in [2.45, 2.75) is 63.7 Å². The first kappa shape index (κ1) is 23.7. The Morgan fingerprint density at radius 3 is 2.65 bits per heavy atom. The molecule has 1 aromatic rings. The zero-order valence-electron chi connectivity index (χ0n) is 18.5. The summed E-state index contributed by atoms with van der Waals surface area (Å²) < 4.78 is 7.33. The van der Waals surface area contributed by atoms with E-state index in [4.69, 9.17) is 4.74 Å². The normalized spacial score (nSPS) is 26.5. The van der Waals surface area contributed by atoms with Crippen LogP contribution in [0.25, 0.3) is 0 Å². The van der Waals surface area contributed by atoms with Gasteiger partial charge in [0.2, 0.25) is 5.91 Å². The van der Waals surface area contributed by atoms with E-state index in [9.17, 15) is 19.8 Å². The van der Waals surface area contributed by atoms with Crippen molar-refractivity contribution in [2.75, 3.05) is 39.8 Å². The molecular weight excluding hydrogens is 400 g/mol. The molecule has 0 aliphatic carbocycles. The summed E-state index contributed by atoms with van der Waals surface area (Å²) in [5.74, 6) is -0.244. The van der Waals surface area contributed by atoms with E-state index in [0.717, 1.165) is 45.2 Å². The number of nitrogens with zero attached hydrogens (tertiary/aromatic N) is 4. The van der Waals surface area contributed by atoms with E-state index in [1.165, 1.54) is 0 Å². The number of likely N-dealkylation sites (tertiary alicyclic amines) is 1. The number of esters is 1. The van der Waals surface area contributed by atoms with Crippen LogP contribution in [-0.2, 0) is 20.9 Å². The van der Waals surface area contributed by atoms with Crippen molar-refractivity contribution >= 4 is 11.9 Å². The van der Waals surface area contributed by atoms with E-state index in [1.807, 2.05) is 17.8 Å². The molecule has 1 spiro atoms. The third-order valence-corrected chi connectivity index (χ3v) is 6.73. The number of ether oxygens (including phenoxy) is 1. The van der Waals surface area contributed by atoms with Gasteiger partial charge in [-0.3, -0.25) is 9.59 Å². The SMILES string of the molecule is CN1CCC2(CCCCN(C(=O)CCn3ccnc3)CC[C@H](O)[C@H](O)COC2=O)CC1. The Labute approximate surface area is 184 Å². The molecule has 2 aliphatic heterocycles. The van der Waals surface area contributed by atoms with Gasteiger partial charge < -0.3 is 29.3 Å². The molecule has 2 fully saturated rings. The van der Waals surface area contributed by atoms with Crippen molar-refractivity contribution in [1.29, 1.82) is 0 Å². The Balaban J connectivity index is 1.64. The van der Waals surface area contributed by atoms with Crippen LogP contribution in [0.4, 0.5) is 0 Å². The highest BCUT2D eigenvalue weighted by atomic mass is 16.5. The van der Waals surface area contributed by atoms with Gasteiger partial charge in [-0.1, -0.05) is 6.42 Å².